The van der Waals surface area contributed by atoms with Crippen LogP contribution in [0.4, 0.5) is 0 Å². The van der Waals surface area contributed by atoms with Gasteiger partial charge in [0.05, 0.1) is 6.61 Å². The van der Waals surface area contributed by atoms with Gasteiger partial charge in [-0.15, -0.1) is 0 Å². The van der Waals surface area contributed by atoms with Gasteiger partial charge in [-0.3, -0.25) is 4.79 Å². The van der Waals surface area contributed by atoms with Crippen LogP contribution in [0.3, 0.4) is 0 Å². The number of carbonyl (C=O) groups excluding carboxylic acids is 1. The molecule has 0 aromatic rings. The molecule has 24 heavy (non-hydrogen) atoms. The van der Waals surface area contributed by atoms with E-state index in [0.29, 0.717) is 6.42 Å². The van der Waals surface area contributed by atoms with Crippen molar-refractivity contribution in [3.05, 3.63) is 0 Å². The van der Waals surface area contributed by atoms with Crippen LogP contribution in [0.25, 0.3) is 0 Å². The molecule has 1 amide bonds. The van der Waals surface area contributed by atoms with Crippen LogP contribution >= 0.6 is 0 Å². The van der Waals surface area contributed by atoms with Crippen molar-refractivity contribution in [2.24, 2.45) is 0 Å². The Balaban J connectivity index is 3.30. The molecule has 0 aromatic heterocycles. The van der Waals surface area contributed by atoms with E-state index in [4.69, 9.17) is 10.2 Å². The summed E-state index contributed by atoms with van der Waals surface area (Å²) in [4.78, 5) is 22.2. The van der Waals surface area contributed by atoms with Crippen molar-refractivity contribution in [3.8, 4) is 0 Å². The van der Waals surface area contributed by atoms with Gasteiger partial charge in [0.2, 0.25) is 5.91 Å². The summed E-state index contributed by atoms with van der Waals surface area (Å²) in [5.41, 5.74) is 0. The number of amides is 1. The summed E-state index contributed by atoms with van der Waals surface area (Å²) >= 11 is 0. The van der Waals surface area contributed by atoms with Gasteiger partial charge in [-0.05, 0) is 6.42 Å². The largest absolute Gasteiger partial charge is 0.480 e. The lowest BCUT2D eigenvalue weighted by molar-refractivity contribution is -0.142. The highest BCUT2D eigenvalue weighted by molar-refractivity contribution is 5.83. The zero-order valence-electron chi connectivity index (χ0n) is 15.4. The molecule has 142 valence electrons. The molecular formula is C19H37NO4. The Bertz CT molecular complexity index is 320. The first-order chi connectivity index (χ1) is 11.6. The van der Waals surface area contributed by atoms with Crippen LogP contribution in [0.1, 0.15) is 96.8 Å². The van der Waals surface area contributed by atoms with Crippen molar-refractivity contribution in [2.45, 2.75) is 103 Å². The van der Waals surface area contributed by atoms with Crippen LogP contribution in [0, 0.1) is 0 Å². The number of hydrogen-bond acceptors (Lipinski definition) is 3. The highest BCUT2D eigenvalue weighted by atomic mass is 16.4. The molecule has 0 heterocycles. The highest BCUT2D eigenvalue weighted by Gasteiger charge is 2.17. The third-order valence-corrected chi connectivity index (χ3v) is 4.32. The maximum atomic E-state index is 11.5. The van der Waals surface area contributed by atoms with Crippen LogP contribution in [0.15, 0.2) is 0 Å². The van der Waals surface area contributed by atoms with E-state index < -0.39 is 18.6 Å². The molecule has 0 aliphatic rings. The predicted octanol–water partition coefficient (Wildman–Crippen LogP) is 4.03. The number of carbonyl (C=O) groups is 2. The lowest BCUT2D eigenvalue weighted by atomic mass is 10.0. The molecule has 0 saturated carbocycles. The third kappa shape index (κ3) is 14.5. The molecule has 0 spiro atoms. The fraction of sp³-hybridized carbons (Fsp3) is 0.895. The third-order valence-electron chi connectivity index (χ3n) is 4.32. The van der Waals surface area contributed by atoms with Gasteiger partial charge in [-0.25, -0.2) is 4.79 Å². The Morgan fingerprint density at radius 3 is 1.58 bits per heavy atom. The molecule has 5 heteroatoms. The second-order valence-electron chi connectivity index (χ2n) is 6.63. The number of aliphatic hydroxyl groups is 1. The van der Waals surface area contributed by atoms with Crippen molar-refractivity contribution in [2.75, 3.05) is 6.61 Å². The van der Waals surface area contributed by atoms with Crippen molar-refractivity contribution >= 4 is 11.9 Å². The second-order valence-corrected chi connectivity index (χ2v) is 6.63. The fourth-order valence-electron chi connectivity index (χ4n) is 2.76. The van der Waals surface area contributed by atoms with Crippen LogP contribution < -0.4 is 5.32 Å². The van der Waals surface area contributed by atoms with E-state index in [9.17, 15) is 9.59 Å². The van der Waals surface area contributed by atoms with Gasteiger partial charge in [-0.2, -0.15) is 0 Å². The minimum absolute atomic E-state index is 0.292. The van der Waals surface area contributed by atoms with Gasteiger partial charge < -0.3 is 15.5 Å². The molecule has 0 radical (unpaired) electrons. The van der Waals surface area contributed by atoms with E-state index in [1.54, 1.807) is 0 Å². The van der Waals surface area contributed by atoms with Gasteiger partial charge in [0.25, 0.3) is 0 Å². The first-order valence-electron chi connectivity index (χ1n) is 9.74. The zero-order valence-corrected chi connectivity index (χ0v) is 15.4. The van der Waals surface area contributed by atoms with E-state index in [-0.39, 0.29) is 5.91 Å². The molecule has 0 unspecified atom stereocenters. The van der Waals surface area contributed by atoms with Gasteiger partial charge in [-0.1, -0.05) is 84.0 Å². The summed E-state index contributed by atoms with van der Waals surface area (Å²) < 4.78 is 0. The standard InChI is InChI=1S/C19H37NO4/c1-2-3-4-5-6-7-8-9-10-11-12-13-14-15-18(22)20-17(16-21)19(23)24/h17,21H,2-16H2,1H3,(H,20,22)(H,23,24)/t17-/m1/s1. The SMILES string of the molecule is CCCCCCCCCCCCCCCC(=O)N[C@H](CO)C(=O)O. The van der Waals surface area contributed by atoms with Gasteiger partial charge in [0.1, 0.15) is 6.04 Å². The van der Waals surface area contributed by atoms with Crippen molar-refractivity contribution in [1.29, 1.82) is 0 Å². The van der Waals surface area contributed by atoms with Gasteiger partial charge in [0.15, 0.2) is 0 Å². The van der Waals surface area contributed by atoms with Crippen molar-refractivity contribution in [1.82, 2.24) is 5.32 Å². The molecule has 0 aliphatic heterocycles. The lowest BCUT2D eigenvalue weighted by Gasteiger charge is -2.11. The fourth-order valence-corrected chi connectivity index (χ4v) is 2.76. The van der Waals surface area contributed by atoms with Crippen molar-refractivity contribution in [3.63, 3.8) is 0 Å². The van der Waals surface area contributed by atoms with Crippen LogP contribution in [0.5, 0.6) is 0 Å². The predicted molar refractivity (Wildman–Crippen MR) is 97.0 cm³/mol. The van der Waals surface area contributed by atoms with Crippen LogP contribution in [-0.4, -0.2) is 34.7 Å². The number of hydrogen-bond donors (Lipinski definition) is 3. The summed E-state index contributed by atoms with van der Waals surface area (Å²) in [7, 11) is 0. The van der Waals surface area contributed by atoms with Gasteiger partial charge in [0, 0.05) is 6.42 Å². The number of aliphatic hydroxyl groups excluding tert-OH is 1. The number of aliphatic carboxylic acids is 1. The minimum atomic E-state index is -1.20. The highest BCUT2D eigenvalue weighted by Crippen LogP contribution is 2.12. The Labute approximate surface area is 147 Å². The number of unbranched alkanes of at least 4 members (excludes halogenated alkanes) is 12. The van der Waals surface area contributed by atoms with E-state index in [1.165, 1.54) is 64.2 Å². The smallest absolute Gasteiger partial charge is 0.328 e. The summed E-state index contributed by atoms with van der Waals surface area (Å²) in [6, 6.07) is -1.18. The van der Waals surface area contributed by atoms with Crippen LogP contribution in [-0.2, 0) is 9.59 Å². The molecule has 0 saturated heterocycles. The number of carboxylic acids is 1. The summed E-state index contributed by atoms with van der Waals surface area (Å²) in [5.74, 6) is -1.49. The molecule has 0 bridgehead atoms. The van der Waals surface area contributed by atoms with E-state index in [1.807, 2.05) is 0 Å². The average molecular weight is 344 g/mol. The maximum absolute atomic E-state index is 11.5. The first kappa shape index (κ1) is 22.9. The molecule has 5 nitrogen and oxygen atoms in total. The Morgan fingerprint density at radius 2 is 1.21 bits per heavy atom. The first-order valence-corrected chi connectivity index (χ1v) is 9.74. The lowest BCUT2D eigenvalue weighted by Crippen LogP contribution is -2.43. The quantitative estimate of drug-likeness (QED) is 0.348. The molecular weight excluding hydrogens is 306 g/mol. The summed E-state index contributed by atoms with van der Waals surface area (Å²) in [6.07, 6.45) is 16.6. The minimum Gasteiger partial charge on any atom is -0.480 e. The van der Waals surface area contributed by atoms with E-state index in [2.05, 4.69) is 12.2 Å². The topological polar surface area (TPSA) is 86.6 Å². The molecule has 0 aliphatic carbocycles. The van der Waals surface area contributed by atoms with Gasteiger partial charge >= 0.3 is 5.97 Å². The Morgan fingerprint density at radius 1 is 0.792 bits per heavy atom. The average Bonchev–Trinajstić information content (AvgIpc) is 2.56. The van der Waals surface area contributed by atoms with E-state index >= 15 is 0 Å². The monoisotopic (exact) mass is 343 g/mol. The summed E-state index contributed by atoms with van der Waals surface area (Å²) in [5, 5.41) is 19.9. The molecule has 0 aromatic carbocycles. The molecule has 0 fully saturated rings. The van der Waals surface area contributed by atoms with Crippen LogP contribution in [0.2, 0.25) is 0 Å². The Kier molecular flexibility index (Phi) is 16.0. The number of nitrogens with one attached hydrogen (secondary N) is 1. The maximum Gasteiger partial charge on any atom is 0.328 e. The van der Waals surface area contributed by atoms with Crippen molar-refractivity contribution < 1.29 is 19.8 Å². The number of rotatable bonds is 17. The molecule has 1 atom stereocenters. The zero-order chi connectivity index (χ0) is 18.0. The Hall–Kier alpha value is -1.10. The summed E-state index contributed by atoms with van der Waals surface area (Å²) in [6.45, 7) is 1.67. The second kappa shape index (κ2) is 16.7. The number of carboxylic acid groups (broad SMARTS) is 1. The molecule has 3 N–H and O–H groups in total. The molecule has 0 rings (SSSR count). The normalized spacial score (nSPS) is 12.1. The van der Waals surface area contributed by atoms with E-state index in [0.717, 1.165) is 19.3 Å².